The van der Waals surface area contributed by atoms with Crippen molar-refractivity contribution in [3.05, 3.63) is 34.9 Å². The van der Waals surface area contributed by atoms with Crippen LogP contribution in [0.3, 0.4) is 0 Å². The summed E-state index contributed by atoms with van der Waals surface area (Å²) in [4.78, 5) is 34.2. The Morgan fingerprint density at radius 2 is 1.35 bits per heavy atom. The lowest BCUT2D eigenvalue weighted by Gasteiger charge is -2.07. The molecule has 1 rings (SSSR count). The minimum atomic E-state index is -0.560. The van der Waals surface area contributed by atoms with Gasteiger partial charge in [-0.3, -0.25) is 4.79 Å². The largest absolute Gasteiger partial charge is 0.469 e. The quantitative estimate of drug-likeness (QED) is 0.598. The summed E-state index contributed by atoms with van der Waals surface area (Å²) < 4.78 is 13.8. The first-order valence-corrected chi connectivity index (χ1v) is 5.89. The van der Waals surface area contributed by atoms with Crippen LogP contribution in [-0.4, -0.2) is 39.2 Å². The maximum atomic E-state index is 11.6. The van der Waals surface area contributed by atoms with Gasteiger partial charge in [-0.05, 0) is 30.2 Å². The van der Waals surface area contributed by atoms with E-state index in [9.17, 15) is 14.4 Å². The van der Waals surface area contributed by atoms with Crippen molar-refractivity contribution in [3.63, 3.8) is 0 Å². The van der Waals surface area contributed by atoms with E-state index in [1.807, 2.05) is 0 Å². The first-order valence-electron chi connectivity index (χ1n) is 5.89. The number of benzene rings is 1. The second kappa shape index (κ2) is 7.28. The van der Waals surface area contributed by atoms with Gasteiger partial charge in [0.1, 0.15) is 0 Å². The van der Waals surface area contributed by atoms with E-state index in [2.05, 4.69) is 14.2 Å². The van der Waals surface area contributed by atoms with Crippen molar-refractivity contribution >= 4 is 17.9 Å². The summed E-state index contributed by atoms with van der Waals surface area (Å²) in [5, 5.41) is 0. The number of hydrogen-bond acceptors (Lipinski definition) is 6. The Morgan fingerprint density at radius 1 is 0.850 bits per heavy atom. The predicted octanol–water partition coefficient (Wildman–Crippen LogP) is 1.37. The van der Waals surface area contributed by atoms with Gasteiger partial charge in [0.25, 0.3) is 0 Å². The Labute approximate surface area is 116 Å². The molecule has 0 atom stereocenters. The Kier molecular flexibility index (Phi) is 5.71. The summed E-state index contributed by atoms with van der Waals surface area (Å²) in [7, 11) is 3.80. The van der Waals surface area contributed by atoms with Crippen LogP contribution in [0.5, 0.6) is 0 Å². The number of carbonyl (C=O) groups is 3. The van der Waals surface area contributed by atoms with Crippen LogP contribution >= 0.6 is 0 Å². The van der Waals surface area contributed by atoms with Gasteiger partial charge in [-0.25, -0.2) is 9.59 Å². The van der Waals surface area contributed by atoms with Crippen LogP contribution in [0.1, 0.15) is 32.7 Å². The molecule has 0 amide bonds. The molecule has 0 spiro atoms. The van der Waals surface area contributed by atoms with E-state index in [-0.39, 0.29) is 23.5 Å². The molecule has 1 aromatic rings. The molecule has 1 aromatic carbocycles. The first-order chi connectivity index (χ1) is 9.51. The Balaban J connectivity index is 3.06. The predicted molar refractivity (Wildman–Crippen MR) is 69.5 cm³/mol. The first kappa shape index (κ1) is 15.7. The Morgan fingerprint density at radius 3 is 1.75 bits per heavy atom. The van der Waals surface area contributed by atoms with Gasteiger partial charge in [0.05, 0.1) is 32.5 Å². The van der Waals surface area contributed by atoms with Gasteiger partial charge in [-0.2, -0.15) is 0 Å². The maximum absolute atomic E-state index is 11.6. The van der Waals surface area contributed by atoms with Crippen molar-refractivity contribution in [2.24, 2.45) is 0 Å². The molecule has 0 saturated carbocycles. The zero-order chi connectivity index (χ0) is 15.1. The van der Waals surface area contributed by atoms with Crippen molar-refractivity contribution < 1.29 is 28.6 Å². The highest BCUT2D eigenvalue weighted by atomic mass is 16.5. The molecule has 0 aromatic heterocycles. The minimum absolute atomic E-state index is 0.155. The Bertz CT molecular complexity index is 486. The van der Waals surface area contributed by atoms with E-state index in [4.69, 9.17) is 0 Å². The molecule has 0 bridgehead atoms. The molecule has 6 nitrogen and oxygen atoms in total. The second-order valence-electron chi connectivity index (χ2n) is 3.98. The summed E-state index contributed by atoms with van der Waals surface area (Å²) in [6.45, 7) is 0. The van der Waals surface area contributed by atoms with Crippen LogP contribution in [-0.2, 0) is 25.4 Å². The van der Waals surface area contributed by atoms with Gasteiger partial charge >= 0.3 is 17.9 Å². The molecular weight excluding hydrogens is 264 g/mol. The van der Waals surface area contributed by atoms with E-state index in [0.717, 1.165) is 0 Å². The van der Waals surface area contributed by atoms with Gasteiger partial charge in [-0.1, -0.05) is 0 Å². The Hall–Kier alpha value is -2.37. The highest BCUT2D eigenvalue weighted by Gasteiger charge is 2.14. The lowest BCUT2D eigenvalue weighted by Crippen LogP contribution is -2.09. The van der Waals surface area contributed by atoms with Crippen LogP contribution in [0.2, 0.25) is 0 Å². The topological polar surface area (TPSA) is 78.9 Å². The highest BCUT2D eigenvalue weighted by molar-refractivity contribution is 5.95. The summed E-state index contributed by atoms with van der Waals surface area (Å²) in [5.74, 6) is -1.49. The normalized spacial score (nSPS) is 9.75. The fraction of sp³-hybridized carbons (Fsp3) is 0.357. The molecule has 0 unspecified atom stereocenters. The van der Waals surface area contributed by atoms with Crippen LogP contribution in [0.4, 0.5) is 0 Å². The summed E-state index contributed by atoms with van der Waals surface area (Å²) in [6.07, 6.45) is 0.503. The average Bonchev–Trinajstić information content (AvgIpc) is 2.50. The molecule has 0 N–H and O–H groups in total. The third-order valence-corrected chi connectivity index (χ3v) is 2.68. The van der Waals surface area contributed by atoms with Crippen LogP contribution in [0.25, 0.3) is 0 Å². The van der Waals surface area contributed by atoms with Crippen LogP contribution in [0.15, 0.2) is 18.2 Å². The molecule has 0 heterocycles. The standard InChI is InChI=1S/C14H16O6/c1-18-12(15)5-4-9-6-10(13(16)19-2)8-11(7-9)14(17)20-3/h6-8H,4-5H2,1-3H3. The third-order valence-electron chi connectivity index (χ3n) is 2.68. The van der Waals surface area contributed by atoms with Gasteiger partial charge in [-0.15, -0.1) is 0 Å². The number of methoxy groups -OCH3 is 3. The fourth-order valence-electron chi connectivity index (χ4n) is 1.66. The number of esters is 3. The zero-order valence-electron chi connectivity index (χ0n) is 11.6. The number of aryl methyl sites for hydroxylation is 1. The second-order valence-corrected chi connectivity index (χ2v) is 3.98. The number of carbonyl (C=O) groups excluding carboxylic acids is 3. The van der Waals surface area contributed by atoms with E-state index in [0.29, 0.717) is 12.0 Å². The van der Waals surface area contributed by atoms with E-state index < -0.39 is 11.9 Å². The lowest BCUT2D eigenvalue weighted by molar-refractivity contribution is -0.140. The average molecular weight is 280 g/mol. The zero-order valence-corrected chi connectivity index (χ0v) is 11.6. The van der Waals surface area contributed by atoms with Gasteiger partial charge in [0, 0.05) is 6.42 Å². The summed E-state index contributed by atoms with van der Waals surface area (Å²) in [6, 6.07) is 4.53. The fourth-order valence-corrected chi connectivity index (χ4v) is 1.66. The molecule has 0 aliphatic rings. The highest BCUT2D eigenvalue weighted by Crippen LogP contribution is 2.14. The van der Waals surface area contributed by atoms with E-state index >= 15 is 0 Å². The SMILES string of the molecule is COC(=O)CCc1cc(C(=O)OC)cc(C(=O)OC)c1. The van der Waals surface area contributed by atoms with Gasteiger partial charge in [0.2, 0.25) is 0 Å². The van der Waals surface area contributed by atoms with Crippen molar-refractivity contribution in [3.8, 4) is 0 Å². The molecular formula is C14H16O6. The monoisotopic (exact) mass is 280 g/mol. The molecule has 108 valence electrons. The lowest BCUT2D eigenvalue weighted by atomic mass is 10.0. The molecule has 20 heavy (non-hydrogen) atoms. The van der Waals surface area contributed by atoms with Crippen LogP contribution in [0, 0.1) is 0 Å². The summed E-state index contributed by atoms with van der Waals surface area (Å²) >= 11 is 0. The molecule has 0 saturated heterocycles. The molecule has 0 radical (unpaired) electrons. The van der Waals surface area contributed by atoms with E-state index in [1.165, 1.54) is 27.4 Å². The smallest absolute Gasteiger partial charge is 0.337 e. The van der Waals surface area contributed by atoms with E-state index in [1.54, 1.807) is 12.1 Å². The maximum Gasteiger partial charge on any atom is 0.337 e. The van der Waals surface area contributed by atoms with Gasteiger partial charge < -0.3 is 14.2 Å². The molecule has 6 heteroatoms. The van der Waals surface area contributed by atoms with Crippen molar-refractivity contribution in [2.75, 3.05) is 21.3 Å². The number of hydrogen-bond donors (Lipinski definition) is 0. The molecule has 0 aliphatic carbocycles. The number of ether oxygens (including phenoxy) is 3. The molecule has 0 fully saturated rings. The molecule has 0 aliphatic heterocycles. The van der Waals surface area contributed by atoms with Crippen molar-refractivity contribution in [2.45, 2.75) is 12.8 Å². The van der Waals surface area contributed by atoms with Gasteiger partial charge in [0.15, 0.2) is 0 Å². The summed E-state index contributed by atoms with van der Waals surface area (Å²) in [5.41, 5.74) is 1.12. The number of rotatable bonds is 5. The van der Waals surface area contributed by atoms with Crippen molar-refractivity contribution in [1.82, 2.24) is 0 Å². The van der Waals surface area contributed by atoms with Crippen molar-refractivity contribution in [1.29, 1.82) is 0 Å². The van der Waals surface area contributed by atoms with Crippen LogP contribution < -0.4 is 0 Å². The third kappa shape index (κ3) is 4.08. The minimum Gasteiger partial charge on any atom is -0.469 e.